The fraction of sp³-hybridized carbons (Fsp3) is 0.351. The number of benzene rings is 6. The maximum Gasteiger partial charge on any atom is 0.227 e. The number of nitrogens with one attached hydrogen (secondary N) is 7. The van der Waals surface area contributed by atoms with Gasteiger partial charge in [0.15, 0.2) is 17.3 Å². The highest BCUT2D eigenvalue weighted by Crippen LogP contribution is 2.38. The summed E-state index contributed by atoms with van der Waals surface area (Å²) >= 11 is 0. The van der Waals surface area contributed by atoms with Crippen molar-refractivity contribution >= 4 is 85.5 Å². The lowest BCUT2D eigenvalue weighted by Crippen LogP contribution is -2.46. The second kappa shape index (κ2) is 38.3. The predicted molar refractivity (Wildman–Crippen MR) is 446 cm³/mol. The Morgan fingerprint density at radius 2 is 0.967 bits per heavy atom. The Morgan fingerprint density at radius 1 is 0.517 bits per heavy atom. The lowest BCUT2D eigenvalue weighted by Gasteiger charge is -2.33. The van der Waals surface area contributed by atoms with E-state index in [2.05, 4.69) is 41.1 Å². The van der Waals surface area contributed by atoms with Gasteiger partial charge in [-0.2, -0.15) is 0 Å². The number of rotatable bonds is 27. The largest absolute Gasteiger partial charge is 0.467 e. The number of aromatic amines is 3. The highest BCUT2D eigenvalue weighted by Gasteiger charge is 2.37. The summed E-state index contributed by atoms with van der Waals surface area (Å²) in [5.41, 5.74) is 11.3. The van der Waals surface area contributed by atoms with Gasteiger partial charge >= 0.3 is 0 Å². The second-order valence-corrected chi connectivity index (χ2v) is 32.2. The first-order valence-corrected chi connectivity index (χ1v) is 41.0. The number of carbonyl (C=O) groups excluding carboxylic acids is 9. The number of hydrogen-bond donors (Lipinski definition) is 9. The first kappa shape index (κ1) is 84.4. The highest BCUT2D eigenvalue weighted by molar-refractivity contribution is 6.04. The number of hydrogen-bond acceptors (Lipinski definition) is 14. The van der Waals surface area contributed by atoms with Gasteiger partial charge < -0.3 is 70.3 Å². The van der Waals surface area contributed by atoms with E-state index in [0.29, 0.717) is 94.5 Å². The van der Waals surface area contributed by atoms with Gasteiger partial charge in [-0.3, -0.25) is 43.2 Å². The van der Waals surface area contributed by atoms with Crippen LogP contribution in [0.5, 0.6) is 0 Å². The molecule has 4 unspecified atom stereocenters. The molecule has 6 aromatic carbocycles. The Hall–Kier alpha value is -12.1. The summed E-state index contributed by atoms with van der Waals surface area (Å²) in [5.74, 6) is -2.41. The molecule has 0 radical (unpaired) electrons. The highest BCUT2D eigenvalue weighted by atomic mass is 19.1. The number of aliphatic hydroxyl groups excluding tert-OH is 2. The minimum atomic E-state index is -0.768. The third-order valence-electron chi connectivity index (χ3n) is 23.4. The van der Waals surface area contributed by atoms with Crippen molar-refractivity contribution in [1.82, 2.24) is 50.9 Å². The number of carbonyl (C=O) groups is 9. The van der Waals surface area contributed by atoms with Gasteiger partial charge in [0.05, 0.1) is 69.5 Å². The fourth-order valence-electron chi connectivity index (χ4n) is 17.0. The van der Waals surface area contributed by atoms with Gasteiger partial charge in [0.2, 0.25) is 35.4 Å². The van der Waals surface area contributed by atoms with E-state index in [4.69, 9.17) is 9.15 Å². The van der Waals surface area contributed by atoms with Gasteiger partial charge in [-0.15, -0.1) is 0 Å². The first-order valence-electron chi connectivity index (χ1n) is 41.0. The number of halogens is 3. The zero-order chi connectivity index (χ0) is 84.3. The Bertz CT molecular complexity index is 5630. The van der Waals surface area contributed by atoms with Gasteiger partial charge in [0.1, 0.15) is 23.2 Å². The van der Waals surface area contributed by atoms with Crippen molar-refractivity contribution in [3.05, 3.63) is 271 Å². The molecular weight excluding hydrogens is 1530 g/mol. The van der Waals surface area contributed by atoms with Crippen LogP contribution in [0, 0.1) is 23.4 Å². The number of Topliss-reactive ketones (excluding diaryl/α,β-unsaturated/α-hetero) is 3. The smallest absolute Gasteiger partial charge is 0.227 e. The lowest BCUT2D eigenvalue weighted by atomic mass is 9.85. The van der Waals surface area contributed by atoms with Crippen LogP contribution in [-0.4, -0.2) is 164 Å². The standard InChI is InChI=1S/C33H37FN4O3.C31H30FN3O5.C30H32FN3O5/c1-20-14-31(41)37-33(32(20)29(39)16-22-2-7-28-23(15-22)8-11-35-28)24-3-6-27(34)25(17-24)18-30(40)36-19-21-9-12-38(13-10-21)26-4-5-26;1-19-13-28(38)34-31(30(19)27(37)15-20-4-7-26-21(14-20)8-9-33-26)22-5-6-25(32)23(16-22)17-29(39)35(10-11-36)18-24-3-2-12-40-24;1-18-12-27(37)33-30(29(18)26(36)14-19-2-5-25-20(13-19)6-8-32-25)21-3-4-24(31)22(15-21)16-28(38)34-9-11-39-23(17-34)7-10-35/h2-3,6-8,11,15,17,21,26,33,35H,4-5,9-10,12-14,16,18-19H2,1H3,(H,36,40)(H,37,41);2-9,12,14,16,31,33,36H,10-11,13,15,17-18H2,1H3,(H,34,38);2-6,8,13,15,23,30,32,35H,7,9-12,14,16-17H2,1H3,(H,33,37). The molecule has 6 aliphatic rings. The molecule has 4 atom stereocenters. The van der Waals surface area contributed by atoms with Gasteiger partial charge in [-0.05, 0) is 241 Å². The van der Waals surface area contributed by atoms with Crippen LogP contribution in [0.3, 0.4) is 0 Å². The van der Waals surface area contributed by atoms with E-state index in [1.165, 1.54) is 54.3 Å². The van der Waals surface area contributed by atoms with Crippen LogP contribution in [0.25, 0.3) is 32.7 Å². The van der Waals surface area contributed by atoms with Crippen molar-refractivity contribution in [2.75, 3.05) is 59.1 Å². The van der Waals surface area contributed by atoms with Crippen molar-refractivity contribution < 1.29 is 75.7 Å². The Balaban J connectivity index is 0.000000147. The Labute approximate surface area is 692 Å². The Kier molecular flexibility index (Phi) is 26.9. The maximum atomic E-state index is 14.9. The molecule has 9 heterocycles. The molecule has 624 valence electrons. The normalized spacial score (nSPS) is 18.5. The van der Waals surface area contributed by atoms with E-state index in [9.17, 15) is 66.5 Å². The third kappa shape index (κ3) is 20.8. The van der Waals surface area contributed by atoms with E-state index < -0.39 is 41.5 Å². The van der Waals surface area contributed by atoms with Crippen molar-refractivity contribution in [2.45, 2.75) is 147 Å². The molecule has 10 aromatic rings. The van der Waals surface area contributed by atoms with Crippen molar-refractivity contribution in [1.29, 1.82) is 0 Å². The molecule has 23 nitrogen and oxygen atoms in total. The molecule has 1 aliphatic carbocycles. The molecule has 26 heteroatoms. The summed E-state index contributed by atoms with van der Waals surface area (Å²) in [6.45, 7) is 9.15. The van der Waals surface area contributed by atoms with E-state index in [1.54, 1.807) is 62.1 Å². The minimum absolute atomic E-state index is 0.0365. The van der Waals surface area contributed by atoms with E-state index in [1.807, 2.05) is 91.4 Å². The van der Waals surface area contributed by atoms with E-state index in [0.717, 1.165) is 81.4 Å². The van der Waals surface area contributed by atoms with Crippen LogP contribution >= 0.6 is 0 Å². The summed E-state index contributed by atoms with van der Waals surface area (Å²) in [6, 6.07) is 38.5. The molecule has 2 saturated heterocycles. The lowest BCUT2D eigenvalue weighted by molar-refractivity contribution is -0.138. The summed E-state index contributed by atoms with van der Waals surface area (Å²) < 4.78 is 55.5. The number of H-pyrrole nitrogens is 3. The number of ketones is 3. The zero-order valence-electron chi connectivity index (χ0n) is 67.4. The summed E-state index contributed by atoms with van der Waals surface area (Å²) in [6.07, 6.45) is 12.3. The molecule has 1 saturated carbocycles. The van der Waals surface area contributed by atoms with Gasteiger partial charge in [-0.1, -0.05) is 53.1 Å². The average Bonchev–Trinajstić information content (AvgIpc) is 0.872. The summed E-state index contributed by atoms with van der Waals surface area (Å²) in [4.78, 5) is 132. The second-order valence-electron chi connectivity index (χ2n) is 32.2. The molecular formula is C94H99F3N10O13. The van der Waals surface area contributed by atoms with Crippen LogP contribution < -0.4 is 21.3 Å². The van der Waals surface area contributed by atoms with Crippen LogP contribution in [0.2, 0.25) is 0 Å². The van der Waals surface area contributed by atoms with Gasteiger partial charge in [-0.25, -0.2) is 13.2 Å². The number of fused-ring (bicyclic) bond motifs is 3. The topological polar surface area (TPSA) is 322 Å². The van der Waals surface area contributed by atoms with E-state index >= 15 is 0 Å². The van der Waals surface area contributed by atoms with Crippen molar-refractivity contribution in [3.8, 4) is 0 Å². The molecule has 16 rings (SSSR count). The summed E-state index contributed by atoms with van der Waals surface area (Å²) in [5, 5.41) is 33.4. The van der Waals surface area contributed by atoms with Crippen LogP contribution in [0.15, 0.2) is 202 Å². The van der Waals surface area contributed by atoms with Gasteiger partial charge in [0, 0.05) is 129 Å². The monoisotopic (exact) mass is 1630 g/mol. The van der Waals surface area contributed by atoms with Crippen LogP contribution in [0.1, 0.15) is 146 Å². The number of furan rings is 1. The van der Waals surface area contributed by atoms with Crippen molar-refractivity contribution in [2.24, 2.45) is 5.92 Å². The van der Waals surface area contributed by atoms with Crippen LogP contribution in [-0.2, 0) is 93.0 Å². The zero-order valence-corrected chi connectivity index (χ0v) is 67.4. The van der Waals surface area contributed by atoms with Crippen LogP contribution in [0.4, 0.5) is 13.2 Å². The Morgan fingerprint density at radius 3 is 1.39 bits per heavy atom. The number of nitrogens with zero attached hydrogens (tertiary/aromatic N) is 3. The SMILES string of the molecule is CC1=C(C(=O)Cc2ccc3[nH]ccc3c2)C(c2ccc(F)c(CC(=O)N(CCO)Cc3ccco3)c2)NC(=O)C1.CC1=C(C(=O)Cc2ccc3[nH]ccc3c2)C(c2ccc(F)c(CC(=O)N3CCOC(CCO)C3)c2)NC(=O)C1.CC1=C(C(=O)Cc2ccc3[nH]ccc3c2)C(c2ccc(F)c(CC(=O)NCC3CCN(C4CC4)CC3)c2)NC(=O)C1. The molecule has 3 fully saturated rings. The average molecular weight is 1630 g/mol. The number of morpholine rings is 1. The third-order valence-corrected chi connectivity index (χ3v) is 23.4. The first-order chi connectivity index (χ1) is 58.0. The number of likely N-dealkylation sites (tertiary alicyclic amines) is 1. The predicted octanol–water partition coefficient (Wildman–Crippen LogP) is 11.8. The molecule has 9 N–H and O–H groups in total. The molecule has 0 bridgehead atoms. The number of amides is 6. The molecule has 0 spiro atoms. The molecule has 5 aliphatic heterocycles. The van der Waals surface area contributed by atoms with Gasteiger partial charge in [0.25, 0.3) is 0 Å². The number of ether oxygens (including phenoxy) is 1. The minimum Gasteiger partial charge on any atom is -0.467 e. The quantitative estimate of drug-likeness (QED) is 0.0231. The molecule has 120 heavy (non-hydrogen) atoms. The van der Waals surface area contributed by atoms with E-state index in [-0.39, 0.29) is 154 Å². The number of aromatic nitrogens is 3. The summed E-state index contributed by atoms with van der Waals surface area (Å²) in [7, 11) is 0. The number of aliphatic hydroxyl groups is 2. The number of piperidine rings is 1. The molecule has 6 amide bonds. The fourth-order valence-corrected chi connectivity index (χ4v) is 17.0. The maximum absolute atomic E-state index is 14.9. The van der Waals surface area contributed by atoms with Crippen molar-refractivity contribution in [3.63, 3.8) is 0 Å². The molecule has 4 aromatic heterocycles.